The molecule has 1 aromatic heterocycles. The van der Waals surface area contributed by atoms with Gasteiger partial charge in [-0.2, -0.15) is 0 Å². The zero-order valence-electron chi connectivity index (χ0n) is 15.6. The van der Waals surface area contributed by atoms with E-state index in [9.17, 15) is 9.59 Å². The quantitative estimate of drug-likeness (QED) is 0.838. The molecule has 0 bridgehead atoms. The SMILES string of the molecule is O=C(C1CC(=O)N(c2nnc(Cc3ccccc3)s2)C1)N1C[C@H]2CNC[C@H]2C1. The maximum Gasteiger partial charge on any atom is 0.229 e. The summed E-state index contributed by atoms with van der Waals surface area (Å²) in [5, 5.41) is 13.3. The summed E-state index contributed by atoms with van der Waals surface area (Å²) in [6.07, 6.45) is 0.976. The lowest BCUT2D eigenvalue weighted by Crippen LogP contribution is -2.37. The minimum absolute atomic E-state index is 0.0261. The van der Waals surface area contributed by atoms with Crippen LogP contribution in [-0.4, -0.2) is 59.6 Å². The molecule has 3 atom stereocenters. The Morgan fingerprint density at radius 2 is 1.86 bits per heavy atom. The molecule has 0 aliphatic carbocycles. The number of amides is 2. The largest absolute Gasteiger partial charge is 0.342 e. The van der Waals surface area contributed by atoms with Gasteiger partial charge in [-0.3, -0.25) is 14.5 Å². The van der Waals surface area contributed by atoms with Crippen molar-refractivity contribution in [2.24, 2.45) is 17.8 Å². The predicted octanol–water partition coefficient (Wildman–Crippen LogP) is 1.16. The number of hydrogen-bond acceptors (Lipinski definition) is 6. The van der Waals surface area contributed by atoms with Crippen LogP contribution in [-0.2, 0) is 16.0 Å². The van der Waals surface area contributed by atoms with Crippen LogP contribution < -0.4 is 10.2 Å². The molecule has 1 aromatic carbocycles. The van der Waals surface area contributed by atoms with E-state index in [4.69, 9.17) is 0 Å². The first kappa shape index (κ1) is 17.8. The van der Waals surface area contributed by atoms with Gasteiger partial charge in [0.1, 0.15) is 5.01 Å². The van der Waals surface area contributed by atoms with Gasteiger partial charge < -0.3 is 10.2 Å². The van der Waals surface area contributed by atoms with E-state index in [1.165, 1.54) is 16.9 Å². The molecule has 1 N–H and O–H groups in total. The van der Waals surface area contributed by atoms with Crippen LogP contribution in [0.25, 0.3) is 0 Å². The van der Waals surface area contributed by atoms with E-state index >= 15 is 0 Å². The van der Waals surface area contributed by atoms with Crippen LogP contribution in [0, 0.1) is 17.8 Å². The van der Waals surface area contributed by atoms with E-state index in [0.29, 0.717) is 29.9 Å². The monoisotopic (exact) mass is 397 g/mol. The number of nitrogens with zero attached hydrogens (tertiary/aromatic N) is 4. The zero-order chi connectivity index (χ0) is 19.1. The van der Waals surface area contributed by atoms with Crippen molar-refractivity contribution < 1.29 is 9.59 Å². The molecule has 0 saturated carbocycles. The number of anilines is 1. The minimum Gasteiger partial charge on any atom is -0.342 e. The maximum absolute atomic E-state index is 12.9. The molecule has 0 radical (unpaired) electrons. The summed E-state index contributed by atoms with van der Waals surface area (Å²) in [6.45, 7) is 4.06. The molecule has 4 heterocycles. The Morgan fingerprint density at radius 3 is 2.61 bits per heavy atom. The second-order valence-electron chi connectivity index (χ2n) is 7.97. The van der Waals surface area contributed by atoms with Crippen LogP contribution in [0.1, 0.15) is 17.0 Å². The molecule has 5 rings (SSSR count). The van der Waals surface area contributed by atoms with Crippen molar-refractivity contribution in [3.63, 3.8) is 0 Å². The van der Waals surface area contributed by atoms with Gasteiger partial charge in [-0.15, -0.1) is 10.2 Å². The van der Waals surface area contributed by atoms with Gasteiger partial charge in [-0.25, -0.2) is 0 Å². The van der Waals surface area contributed by atoms with Crippen LogP contribution >= 0.6 is 11.3 Å². The Hall–Kier alpha value is -2.32. The van der Waals surface area contributed by atoms with Gasteiger partial charge in [-0.05, 0) is 17.4 Å². The van der Waals surface area contributed by atoms with Crippen molar-refractivity contribution >= 4 is 28.3 Å². The van der Waals surface area contributed by atoms with Gasteiger partial charge in [0.15, 0.2) is 0 Å². The average molecular weight is 398 g/mol. The fourth-order valence-corrected chi connectivity index (χ4v) is 5.45. The van der Waals surface area contributed by atoms with Crippen LogP contribution in [0.5, 0.6) is 0 Å². The fraction of sp³-hybridized carbons (Fsp3) is 0.500. The standard InChI is InChI=1S/C20H23N5O2S/c26-18-7-14(19(27)24-10-15-8-21-9-16(15)11-24)12-25(18)20-23-22-17(28-20)6-13-4-2-1-3-5-13/h1-5,14-16,21H,6-12H2/t14?,15-,16+. The molecular formula is C20H23N5O2S. The molecule has 0 spiro atoms. The van der Waals surface area contributed by atoms with Crippen LogP contribution in [0.4, 0.5) is 5.13 Å². The molecule has 146 valence electrons. The van der Waals surface area contributed by atoms with Gasteiger partial charge in [0.2, 0.25) is 16.9 Å². The summed E-state index contributed by atoms with van der Waals surface area (Å²) < 4.78 is 0. The number of nitrogens with one attached hydrogen (secondary N) is 1. The van der Waals surface area contributed by atoms with Crippen LogP contribution in [0.2, 0.25) is 0 Å². The smallest absolute Gasteiger partial charge is 0.229 e. The third-order valence-corrected chi connectivity index (χ3v) is 7.01. The number of carbonyl (C=O) groups is 2. The Bertz CT molecular complexity index is 874. The summed E-state index contributed by atoms with van der Waals surface area (Å²) in [7, 11) is 0. The highest BCUT2D eigenvalue weighted by atomic mass is 32.1. The van der Waals surface area contributed by atoms with E-state index < -0.39 is 0 Å². The fourth-order valence-electron chi connectivity index (χ4n) is 4.55. The lowest BCUT2D eigenvalue weighted by Gasteiger charge is -2.21. The Kier molecular flexibility index (Phi) is 4.60. The Morgan fingerprint density at radius 1 is 1.11 bits per heavy atom. The second-order valence-corrected chi connectivity index (χ2v) is 9.01. The van der Waals surface area contributed by atoms with Gasteiger partial charge in [-0.1, -0.05) is 41.7 Å². The summed E-state index contributed by atoms with van der Waals surface area (Å²) in [5.74, 6) is 0.976. The van der Waals surface area contributed by atoms with E-state index in [0.717, 1.165) is 31.2 Å². The van der Waals surface area contributed by atoms with Crippen molar-refractivity contribution in [3.05, 3.63) is 40.9 Å². The highest BCUT2D eigenvalue weighted by molar-refractivity contribution is 7.15. The van der Waals surface area contributed by atoms with Crippen molar-refractivity contribution in [3.8, 4) is 0 Å². The highest BCUT2D eigenvalue weighted by Crippen LogP contribution is 2.32. The molecule has 7 nitrogen and oxygen atoms in total. The molecule has 3 fully saturated rings. The van der Waals surface area contributed by atoms with Gasteiger partial charge >= 0.3 is 0 Å². The molecule has 3 saturated heterocycles. The van der Waals surface area contributed by atoms with Crippen molar-refractivity contribution in [2.45, 2.75) is 12.8 Å². The number of aromatic nitrogens is 2. The average Bonchev–Trinajstić information content (AvgIpc) is 3.45. The van der Waals surface area contributed by atoms with Gasteiger partial charge in [0.05, 0.1) is 5.92 Å². The number of hydrogen-bond donors (Lipinski definition) is 1. The summed E-state index contributed by atoms with van der Waals surface area (Å²) in [4.78, 5) is 29.1. The van der Waals surface area contributed by atoms with Crippen molar-refractivity contribution in [2.75, 3.05) is 37.6 Å². The second kappa shape index (κ2) is 7.25. The van der Waals surface area contributed by atoms with Crippen LogP contribution in [0.15, 0.2) is 30.3 Å². The highest BCUT2D eigenvalue weighted by Gasteiger charge is 2.43. The van der Waals surface area contributed by atoms with Gasteiger partial charge in [0.25, 0.3) is 0 Å². The maximum atomic E-state index is 12.9. The molecule has 8 heteroatoms. The first-order valence-electron chi connectivity index (χ1n) is 9.83. The number of rotatable bonds is 4. The molecular weight excluding hydrogens is 374 g/mol. The third-order valence-electron chi connectivity index (χ3n) is 6.06. The molecule has 28 heavy (non-hydrogen) atoms. The lowest BCUT2D eigenvalue weighted by atomic mass is 10.0. The first-order valence-corrected chi connectivity index (χ1v) is 10.6. The number of carbonyl (C=O) groups excluding carboxylic acids is 2. The van der Waals surface area contributed by atoms with E-state index in [1.807, 2.05) is 23.1 Å². The molecule has 2 amide bonds. The molecule has 3 aliphatic heterocycles. The lowest BCUT2D eigenvalue weighted by molar-refractivity contribution is -0.135. The summed E-state index contributed by atoms with van der Waals surface area (Å²) in [5.41, 5.74) is 1.17. The Labute approximate surface area is 167 Å². The van der Waals surface area contributed by atoms with Gasteiger partial charge in [0, 0.05) is 45.6 Å². The van der Waals surface area contributed by atoms with Crippen molar-refractivity contribution in [1.29, 1.82) is 0 Å². The molecule has 1 unspecified atom stereocenters. The zero-order valence-corrected chi connectivity index (χ0v) is 16.4. The van der Waals surface area contributed by atoms with Crippen LogP contribution in [0.3, 0.4) is 0 Å². The molecule has 3 aliphatic rings. The number of likely N-dealkylation sites (tertiary alicyclic amines) is 1. The topological polar surface area (TPSA) is 78.4 Å². The first-order chi connectivity index (χ1) is 13.7. The molecule has 2 aromatic rings. The summed E-state index contributed by atoms with van der Waals surface area (Å²) in [6, 6.07) is 10.1. The minimum atomic E-state index is -0.263. The van der Waals surface area contributed by atoms with Crippen molar-refractivity contribution in [1.82, 2.24) is 20.4 Å². The summed E-state index contributed by atoms with van der Waals surface area (Å²) >= 11 is 1.44. The Balaban J connectivity index is 1.24. The normalized spacial score (nSPS) is 26.9. The predicted molar refractivity (Wildman–Crippen MR) is 106 cm³/mol. The van der Waals surface area contributed by atoms with E-state index in [1.54, 1.807) is 4.90 Å². The van der Waals surface area contributed by atoms with E-state index in [-0.39, 0.29) is 24.2 Å². The number of benzene rings is 1. The van der Waals surface area contributed by atoms with E-state index in [2.05, 4.69) is 27.6 Å². The number of fused-ring (bicyclic) bond motifs is 1. The third kappa shape index (κ3) is 3.31.